The summed E-state index contributed by atoms with van der Waals surface area (Å²) in [4.78, 5) is 4.82. The fourth-order valence-corrected chi connectivity index (χ4v) is 16.9. The average Bonchev–Trinajstić information content (AvgIpc) is 3.56. The van der Waals surface area contributed by atoms with Gasteiger partial charge in [-0.1, -0.05) is 111 Å². The van der Waals surface area contributed by atoms with Crippen LogP contribution < -0.4 is 30.5 Å². The maximum atomic E-state index is 2.58. The molecule has 0 saturated heterocycles. The number of fused-ring (bicyclic) bond motifs is 6. The first-order chi connectivity index (χ1) is 25.2. The van der Waals surface area contributed by atoms with Gasteiger partial charge in [0.2, 0.25) is 0 Å². The van der Waals surface area contributed by atoms with Gasteiger partial charge in [0, 0.05) is 34.1 Å². The molecule has 0 atom stereocenters. The minimum absolute atomic E-state index is 1.18. The maximum absolute atomic E-state index is 2.58. The fraction of sp³-hybridized carbons (Fsp3) is 0.125. The summed E-state index contributed by atoms with van der Waals surface area (Å²) < 4.78 is 0. The number of anilines is 6. The molecule has 7 aromatic rings. The van der Waals surface area contributed by atoms with E-state index in [1.807, 2.05) is 0 Å². The second-order valence-electron chi connectivity index (χ2n) is 15.5. The molecule has 4 heteroatoms. The van der Waals surface area contributed by atoms with Crippen LogP contribution in [-0.2, 0) is 0 Å². The summed E-state index contributed by atoms with van der Waals surface area (Å²) >= 11 is 0. The Morgan fingerprint density at radius 1 is 0.346 bits per heavy atom. The number of nitrogens with zero attached hydrogens (tertiary/aromatic N) is 2. The topological polar surface area (TPSA) is 6.48 Å². The van der Waals surface area contributed by atoms with E-state index >= 15 is 0 Å². The first kappa shape index (κ1) is 32.5. The Bertz CT molecular complexity index is 2220. The molecule has 0 aliphatic carbocycles. The SMILES string of the molecule is Cc1c2c(c(C)c3c1[Si](C)(C)c1cc(N(c4ccccc4)c4ccccc4)ccc1-3)[Si](C)(C)c1cc(N(c3ccccc3)c3ccccc3)ccc1-2. The molecule has 9 rings (SSSR count). The molecule has 2 aliphatic rings. The molecule has 2 aliphatic heterocycles. The highest BCUT2D eigenvalue weighted by atomic mass is 28.3. The zero-order chi connectivity index (χ0) is 35.8. The van der Waals surface area contributed by atoms with Gasteiger partial charge in [-0.2, -0.15) is 0 Å². The van der Waals surface area contributed by atoms with Crippen LogP contribution in [0.15, 0.2) is 158 Å². The van der Waals surface area contributed by atoms with Crippen LogP contribution in [0.25, 0.3) is 22.3 Å². The van der Waals surface area contributed by atoms with E-state index in [4.69, 9.17) is 0 Å². The molecule has 7 aromatic carbocycles. The summed E-state index contributed by atoms with van der Waals surface area (Å²) in [5.41, 5.74) is 16.1. The smallest absolute Gasteiger partial charge is 0.114 e. The second kappa shape index (κ2) is 12.1. The Morgan fingerprint density at radius 2 is 0.635 bits per heavy atom. The number of hydrogen-bond acceptors (Lipinski definition) is 2. The standard InChI is InChI=1S/C48H44N2Si2/c1-33-45-41-29-27-39(49(35-19-11-7-12-20-35)36-21-13-8-14-22-36)31-43(41)52(5,6)48(45)34(2)46-42-30-28-40(32-44(42)51(3,4)47(33)46)50(37-23-15-9-16-24-37)38-25-17-10-18-26-38/h7-32H,1-6H3. The summed E-state index contributed by atoms with van der Waals surface area (Å²) in [7, 11) is -4.17. The number of benzene rings is 7. The van der Waals surface area contributed by atoms with Gasteiger partial charge < -0.3 is 9.80 Å². The van der Waals surface area contributed by atoms with Gasteiger partial charge in [-0.05, 0) is 141 Å². The Labute approximate surface area is 310 Å². The van der Waals surface area contributed by atoms with Crippen molar-refractivity contribution in [3.63, 3.8) is 0 Å². The van der Waals surface area contributed by atoms with Crippen LogP contribution in [-0.4, -0.2) is 16.1 Å². The van der Waals surface area contributed by atoms with E-state index in [0.29, 0.717) is 0 Å². The van der Waals surface area contributed by atoms with Crippen molar-refractivity contribution in [3.05, 3.63) is 169 Å². The molecule has 2 nitrogen and oxygen atoms in total. The van der Waals surface area contributed by atoms with E-state index in [0.717, 1.165) is 0 Å². The molecular formula is C48H44N2Si2. The van der Waals surface area contributed by atoms with Crippen LogP contribution in [0.5, 0.6) is 0 Å². The zero-order valence-electron chi connectivity index (χ0n) is 30.9. The van der Waals surface area contributed by atoms with Crippen LogP contribution in [0.2, 0.25) is 26.2 Å². The molecule has 0 radical (unpaired) electrons. The highest BCUT2D eigenvalue weighted by molar-refractivity contribution is 7.06. The van der Waals surface area contributed by atoms with Crippen molar-refractivity contribution in [2.75, 3.05) is 9.80 Å². The molecule has 52 heavy (non-hydrogen) atoms. The highest BCUT2D eigenvalue weighted by Crippen LogP contribution is 2.43. The maximum Gasteiger partial charge on any atom is 0.114 e. The highest BCUT2D eigenvalue weighted by Gasteiger charge is 2.47. The van der Waals surface area contributed by atoms with E-state index in [1.54, 1.807) is 20.7 Å². The summed E-state index contributed by atoms with van der Waals surface area (Å²) in [6.45, 7) is 15.2. The van der Waals surface area contributed by atoms with Gasteiger partial charge in [0.15, 0.2) is 0 Å². The van der Waals surface area contributed by atoms with Gasteiger partial charge in [0.1, 0.15) is 16.1 Å². The Kier molecular flexibility index (Phi) is 7.55. The van der Waals surface area contributed by atoms with Crippen molar-refractivity contribution in [2.24, 2.45) is 0 Å². The van der Waals surface area contributed by atoms with Gasteiger partial charge in [0.05, 0.1) is 0 Å². The molecule has 0 unspecified atom stereocenters. The van der Waals surface area contributed by atoms with Gasteiger partial charge in [0.25, 0.3) is 0 Å². The predicted octanol–water partition coefficient (Wildman–Crippen LogP) is 10.8. The number of hydrogen-bond donors (Lipinski definition) is 0. The van der Waals surface area contributed by atoms with Gasteiger partial charge >= 0.3 is 0 Å². The van der Waals surface area contributed by atoms with Gasteiger partial charge in [-0.15, -0.1) is 0 Å². The Morgan fingerprint density at radius 3 is 0.923 bits per heavy atom. The first-order valence-electron chi connectivity index (χ1n) is 18.5. The van der Waals surface area contributed by atoms with Crippen molar-refractivity contribution >= 4 is 71.0 Å². The lowest BCUT2D eigenvalue weighted by atomic mass is 9.91. The number of para-hydroxylation sites is 4. The summed E-state index contributed by atoms with van der Waals surface area (Å²) in [6.07, 6.45) is 0. The van der Waals surface area contributed by atoms with E-state index < -0.39 is 16.1 Å². The van der Waals surface area contributed by atoms with Crippen molar-refractivity contribution in [3.8, 4) is 22.3 Å². The molecule has 0 aromatic heterocycles. The lowest BCUT2D eigenvalue weighted by Gasteiger charge is -2.28. The molecule has 0 fully saturated rings. The lowest BCUT2D eigenvalue weighted by Crippen LogP contribution is -2.53. The molecule has 0 spiro atoms. The van der Waals surface area contributed by atoms with Crippen LogP contribution in [0.4, 0.5) is 34.1 Å². The molecule has 2 heterocycles. The van der Waals surface area contributed by atoms with Crippen molar-refractivity contribution in [1.82, 2.24) is 0 Å². The third kappa shape index (κ3) is 4.82. The second-order valence-corrected chi connectivity index (χ2v) is 24.1. The van der Waals surface area contributed by atoms with E-state index in [2.05, 4.69) is 208 Å². The van der Waals surface area contributed by atoms with Crippen molar-refractivity contribution in [2.45, 2.75) is 40.0 Å². The normalized spacial score (nSPS) is 14.3. The van der Waals surface area contributed by atoms with Gasteiger partial charge in [-0.3, -0.25) is 0 Å². The quantitative estimate of drug-likeness (QED) is 0.159. The minimum Gasteiger partial charge on any atom is -0.311 e. The molecule has 254 valence electrons. The average molecular weight is 705 g/mol. The molecule has 0 saturated carbocycles. The van der Waals surface area contributed by atoms with Gasteiger partial charge in [-0.25, -0.2) is 0 Å². The predicted molar refractivity (Wildman–Crippen MR) is 230 cm³/mol. The van der Waals surface area contributed by atoms with Crippen molar-refractivity contribution in [1.29, 1.82) is 0 Å². The fourth-order valence-electron chi connectivity index (χ4n) is 9.52. The summed E-state index contributed by atoms with van der Waals surface area (Å²) in [5.74, 6) is 0. The Balaban J connectivity index is 1.20. The largest absolute Gasteiger partial charge is 0.311 e. The van der Waals surface area contributed by atoms with Crippen LogP contribution in [0, 0.1) is 13.8 Å². The third-order valence-electron chi connectivity index (χ3n) is 11.7. The molecular weight excluding hydrogens is 661 g/mol. The van der Waals surface area contributed by atoms with E-state index in [1.165, 1.54) is 67.5 Å². The summed E-state index contributed by atoms with van der Waals surface area (Å²) in [5, 5.41) is 6.34. The van der Waals surface area contributed by atoms with Crippen LogP contribution in [0.3, 0.4) is 0 Å². The van der Waals surface area contributed by atoms with Crippen LogP contribution >= 0.6 is 0 Å². The lowest BCUT2D eigenvalue weighted by molar-refractivity contribution is 1.29. The number of rotatable bonds is 6. The first-order valence-corrected chi connectivity index (χ1v) is 24.5. The summed E-state index contributed by atoms with van der Waals surface area (Å²) in [6, 6.07) is 57.8. The van der Waals surface area contributed by atoms with E-state index in [9.17, 15) is 0 Å². The molecule has 0 bridgehead atoms. The van der Waals surface area contributed by atoms with E-state index in [-0.39, 0.29) is 0 Å². The third-order valence-corrected chi connectivity index (χ3v) is 19.0. The molecule has 0 amide bonds. The van der Waals surface area contributed by atoms with Crippen molar-refractivity contribution < 1.29 is 0 Å². The zero-order valence-corrected chi connectivity index (χ0v) is 32.9. The minimum atomic E-state index is -2.08. The Hall–Kier alpha value is -5.43. The molecule has 0 N–H and O–H groups in total. The monoisotopic (exact) mass is 704 g/mol. The van der Waals surface area contributed by atoms with Crippen LogP contribution in [0.1, 0.15) is 11.1 Å².